The van der Waals surface area contributed by atoms with E-state index in [2.05, 4.69) is 84.6 Å². The van der Waals surface area contributed by atoms with E-state index in [0.29, 0.717) is 6.04 Å². The van der Waals surface area contributed by atoms with Gasteiger partial charge in [-0.3, -0.25) is 4.99 Å². The van der Waals surface area contributed by atoms with E-state index in [1.54, 1.807) is 0 Å². The minimum atomic E-state index is -0.0596. The zero-order chi connectivity index (χ0) is 25.7. The average molecular weight is 513 g/mol. The number of fused-ring (bicyclic) bond motifs is 8. The van der Waals surface area contributed by atoms with Gasteiger partial charge in [0.25, 0.3) is 0 Å². The number of ether oxygens (including phenoxy) is 1. The molecular weight excluding hydrogens is 480 g/mol. The summed E-state index contributed by atoms with van der Waals surface area (Å²) in [6.07, 6.45) is 9.80. The molecule has 5 atom stereocenters. The number of benzene rings is 3. The summed E-state index contributed by atoms with van der Waals surface area (Å²) in [5, 5.41) is 1.15. The fourth-order valence-electron chi connectivity index (χ4n) is 8.33. The van der Waals surface area contributed by atoms with Crippen molar-refractivity contribution in [2.75, 3.05) is 4.90 Å². The number of furan rings is 1. The fraction of sp³-hybridized carbons (Fsp3) is 0.343. The lowest BCUT2D eigenvalue weighted by atomic mass is 9.81. The molecule has 5 unspecified atom stereocenters. The molecule has 0 N–H and O–H groups in total. The molecular formula is C35H32N2O2. The highest BCUT2D eigenvalue weighted by atomic mass is 16.5. The molecule has 1 spiro atoms. The quantitative estimate of drug-likeness (QED) is 0.275. The normalized spacial score (nSPS) is 29.5. The Hall–Kier alpha value is -3.79. The predicted molar refractivity (Wildman–Crippen MR) is 156 cm³/mol. The molecule has 2 fully saturated rings. The summed E-state index contributed by atoms with van der Waals surface area (Å²) in [4.78, 5) is 7.92. The molecule has 5 aliphatic rings. The number of amidine groups is 1. The van der Waals surface area contributed by atoms with E-state index in [1.807, 2.05) is 6.07 Å². The Morgan fingerprint density at radius 1 is 0.974 bits per heavy atom. The average Bonchev–Trinajstić information content (AvgIpc) is 3.26. The monoisotopic (exact) mass is 512 g/mol. The molecule has 194 valence electrons. The van der Waals surface area contributed by atoms with Crippen LogP contribution in [0.1, 0.15) is 79.9 Å². The summed E-state index contributed by atoms with van der Waals surface area (Å²) in [6.45, 7) is 2.27. The Morgan fingerprint density at radius 2 is 1.82 bits per heavy atom. The summed E-state index contributed by atoms with van der Waals surface area (Å²) in [5.41, 5.74) is 7.26. The first-order chi connectivity index (χ1) is 19.3. The molecule has 2 aliphatic heterocycles. The molecule has 0 saturated heterocycles. The number of para-hydroxylation sites is 2. The fourth-order valence-corrected chi connectivity index (χ4v) is 8.33. The van der Waals surface area contributed by atoms with Crippen molar-refractivity contribution in [1.82, 2.24) is 0 Å². The number of anilines is 1. The Morgan fingerprint density at radius 3 is 2.72 bits per heavy atom. The Labute approximate surface area is 229 Å². The highest BCUT2D eigenvalue weighted by Gasteiger charge is 2.72. The van der Waals surface area contributed by atoms with Crippen LogP contribution in [0.25, 0.3) is 16.5 Å². The molecule has 4 aromatic rings. The van der Waals surface area contributed by atoms with E-state index >= 15 is 0 Å². The van der Waals surface area contributed by atoms with E-state index in [1.165, 1.54) is 53.9 Å². The van der Waals surface area contributed by atoms with Gasteiger partial charge in [-0.25, -0.2) is 0 Å². The molecule has 4 heteroatoms. The minimum Gasteiger partial charge on any atom is -0.484 e. The molecule has 3 aliphatic carbocycles. The van der Waals surface area contributed by atoms with Crippen LogP contribution < -0.4 is 9.64 Å². The van der Waals surface area contributed by atoms with Crippen molar-refractivity contribution < 1.29 is 9.15 Å². The van der Waals surface area contributed by atoms with E-state index < -0.39 is 0 Å². The van der Waals surface area contributed by atoms with E-state index in [4.69, 9.17) is 14.1 Å². The maximum absolute atomic E-state index is 6.56. The zero-order valence-corrected chi connectivity index (χ0v) is 22.3. The molecule has 3 heterocycles. The Bertz CT molecular complexity index is 1700. The van der Waals surface area contributed by atoms with Crippen LogP contribution in [0.15, 0.2) is 88.3 Å². The zero-order valence-electron chi connectivity index (χ0n) is 22.3. The van der Waals surface area contributed by atoms with Gasteiger partial charge >= 0.3 is 0 Å². The van der Waals surface area contributed by atoms with Crippen LogP contribution in [0.5, 0.6) is 5.75 Å². The lowest BCUT2D eigenvalue weighted by Gasteiger charge is -2.35. The molecule has 0 radical (unpaired) electrons. The predicted octanol–water partition coefficient (Wildman–Crippen LogP) is 8.43. The second-order valence-electron chi connectivity index (χ2n) is 12.0. The van der Waals surface area contributed by atoms with Crippen molar-refractivity contribution in [3.8, 4) is 5.75 Å². The summed E-state index contributed by atoms with van der Waals surface area (Å²) in [7, 11) is 0. The molecule has 9 rings (SSSR count). The van der Waals surface area contributed by atoms with Gasteiger partial charge in [-0.15, -0.1) is 0 Å². The second kappa shape index (κ2) is 7.88. The summed E-state index contributed by atoms with van der Waals surface area (Å²) in [5.74, 6) is 4.13. The van der Waals surface area contributed by atoms with Crippen LogP contribution in [-0.4, -0.2) is 17.4 Å². The van der Waals surface area contributed by atoms with Crippen LogP contribution in [-0.2, 0) is 0 Å². The van der Waals surface area contributed by atoms with Crippen LogP contribution in [0, 0.1) is 5.92 Å². The Balaban J connectivity index is 1.15. The standard InChI is InChI=1S/C35H32N2O2/c1-2-9-30-36-34-27-12-7-8-19-35(27,34)37(30)22-17-15-21(16-18-22)25-20-26-23-10-3-5-13-28(23)38-33(26)31-24-11-4-6-14-29(24)39-32(25)31/h3-6,10-11,13-18,20,26-27,33-34H,2,7-9,12,19H2,1H3. The van der Waals surface area contributed by atoms with Crippen LogP contribution in [0.2, 0.25) is 0 Å². The van der Waals surface area contributed by atoms with Gasteiger partial charge in [0, 0.05) is 46.0 Å². The van der Waals surface area contributed by atoms with E-state index in [0.717, 1.165) is 46.8 Å². The molecule has 0 bridgehead atoms. The number of hydrogen-bond acceptors (Lipinski definition) is 4. The Kier molecular flexibility index (Phi) is 4.46. The minimum absolute atomic E-state index is 0.0596. The van der Waals surface area contributed by atoms with Gasteiger partial charge in [-0.05, 0) is 49.1 Å². The lowest BCUT2D eigenvalue weighted by molar-refractivity contribution is 0.222. The second-order valence-corrected chi connectivity index (χ2v) is 12.0. The third-order valence-electron chi connectivity index (χ3n) is 10.0. The van der Waals surface area contributed by atoms with Gasteiger partial charge in [-0.1, -0.05) is 74.4 Å². The topological polar surface area (TPSA) is 38.0 Å². The molecule has 0 amide bonds. The molecule has 1 aromatic heterocycles. The van der Waals surface area contributed by atoms with Crippen LogP contribution in [0.4, 0.5) is 5.69 Å². The lowest BCUT2D eigenvalue weighted by Crippen LogP contribution is -2.43. The highest BCUT2D eigenvalue weighted by molar-refractivity contribution is 6.03. The van der Waals surface area contributed by atoms with Gasteiger partial charge in [0.2, 0.25) is 0 Å². The first kappa shape index (κ1) is 22.1. The first-order valence-corrected chi connectivity index (χ1v) is 14.7. The van der Waals surface area contributed by atoms with Gasteiger partial charge in [0.1, 0.15) is 29.0 Å². The van der Waals surface area contributed by atoms with Crippen molar-refractivity contribution in [2.24, 2.45) is 10.9 Å². The highest BCUT2D eigenvalue weighted by Crippen LogP contribution is 2.63. The third-order valence-corrected chi connectivity index (χ3v) is 10.0. The SMILES string of the molecule is CCCC1=NC2C3CCCCC32N1c1ccc(C2=CC3c4ccccc4OC3c3c2oc2ccccc32)cc1. The summed E-state index contributed by atoms with van der Waals surface area (Å²) < 4.78 is 13.1. The smallest absolute Gasteiger partial charge is 0.142 e. The van der Waals surface area contributed by atoms with Gasteiger partial charge < -0.3 is 14.1 Å². The molecule has 39 heavy (non-hydrogen) atoms. The molecule has 3 aromatic carbocycles. The van der Waals surface area contributed by atoms with Crippen LogP contribution >= 0.6 is 0 Å². The number of rotatable bonds is 4. The van der Waals surface area contributed by atoms with E-state index in [-0.39, 0.29) is 17.6 Å². The number of nitrogens with zero attached hydrogens (tertiary/aromatic N) is 2. The number of aliphatic imine (C=N–C) groups is 1. The van der Waals surface area contributed by atoms with Crippen molar-refractivity contribution in [1.29, 1.82) is 0 Å². The number of hydrogen-bond donors (Lipinski definition) is 0. The van der Waals surface area contributed by atoms with Crippen molar-refractivity contribution >= 4 is 28.1 Å². The third kappa shape index (κ3) is 2.87. The van der Waals surface area contributed by atoms with Crippen molar-refractivity contribution in [2.45, 2.75) is 69.1 Å². The van der Waals surface area contributed by atoms with Gasteiger partial charge in [-0.2, -0.15) is 0 Å². The van der Waals surface area contributed by atoms with Gasteiger partial charge in [0.15, 0.2) is 0 Å². The van der Waals surface area contributed by atoms with Crippen molar-refractivity contribution in [3.05, 3.63) is 101 Å². The first-order valence-electron chi connectivity index (χ1n) is 14.7. The van der Waals surface area contributed by atoms with E-state index in [9.17, 15) is 0 Å². The van der Waals surface area contributed by atoms with Crippen molar-refractivity contribution in [3.63, 3.8) is 0 Å². The summed E-state index contributed by atoms with van der Waals surface area (Å²) >= 11 is 0. The maximum Gasteiger partial charge on any atom is 0.142 e. The van der Waals surface area contributed by atoms with Crippen LogP contribution in [0.3, 0.4) is 0 Å². The maximum atomic E-state index is 6.56. The molecule has 2 saturated carbocycles. The largest absolute Gasteiger partial charge is 0.484 e. The molecule has 4 nitrogen and oxygen atoms in total. The van der Waals surface area contributed by atoms with Gasteiger partial charge in [0.05, 0.1) is 11.6 Å². The summed E-state index contributed by atoms with van der Waals surface area (Å²) in [6, 6.07) is 26.6.